The molecule has 0 aromatic rings. The fourth-order valence-corrected chi connectivity index (χ4v) is 2.37. The van der Waals surface area contributed by atoms with Gasteiger partial charge in [0.05, 0.1) is 6.04 Å². The van der Waals surface area contributed by atoms with E-state index in [9.17, 15) is 4.79 Å². The van der Waals surface area contributed by atoms with Gasteiger partial charge in [0.15, 0.2) is 0 Å². The number of nitrogens with zero attached hydrogens (tertiary/aromatic N) is 1. The molecule has 4 heteroatoms. The molecule has 0 saturated carbocycles. The molecule has 1 heterocycles. The number of carbonyl (C=O) groups is 1. The van der Waals surface area contributed by atoms with Gasteiger partial charge in [-0.05, 0) is 51.9 Å². The van der Waals surface area contributed by atoms with Crippen LogP contribution in [0.1, 0.15) is 33.1 Å². The number of hydrogen-bond acceptors (Lipinski definition) is 3. The third-order valence-electron chi connectivity index (χ3n) is 3.47. The van der Waals surface area contributed by atoms with Crippen LogP contribution in [0.2, 0.25) is 0 Å². The van der Waals surface area contributed by atoms with E-state index in [1.54, 1.807) is 0 Å². The Balaban J connectivity index is 2.31. The van der Waals surface area contributed by atoms with E-state index in [4.69, 9.17) is 0 Å². The Morgan fingerprint density at radius 1 is 1.47 bits per heavy atom. The van der Waals surface area contributed by atoms with Crippen molar-refractivity contribution in [2.45, 2.75) is 39.2 Å². The second-order valence-corrected chi connectivity index (χ2v) is 5.93. The number of nitrogens with one attached hydrogen (secondary N) is 2. The number of piperidine rings is 1. The van der Waals surface area contributed by atoms with Crippen molar-refractivity contribution in [3.63, 3.8) is 0 Å². The highest BCUT2D eigenvalue weighted by Crippen LogP contribution is 2.29. The summed E-state index contributed by atoms with van der Waals surface area (Å²) in [6.07, 6.45) is 3.29. The van der Waals surface area contributed by atoms with Gasteiger partial charge in [0, 0.05) is 6.54 Å². The quantitative estimate of drug-likeness (QED) is 0.701. The van der Waals surface area contributed by atoms with Crippen LogP contribution in [0.15, 0.2) is 0 Å². The van der Waals surface area contributed by atoms with Gasteiger partial charge in [-0.25, -0.2) is 0 Å². The molecule has 1 aliphatic rings. The topological polar surface area (TPSA) is 44.4 Å². The van der Waals surface area contributed by atoms with Crippen LogP contribution in [0, 0.1) is 5.41 Å². The van der Waals surface area contributed by atoms with Crippen molar-refractivity contribution in [1.29, 1.82) is 0 Å². The molecule has 4 nitrogen and oxygen atoms in total. The van der Waals surface area contributed by atoms with Gasteiger partial charge in [0.25, 0.3) is 0 Å². The lowest BCUT2D eigenvalue weighted by Gasteiger charge is -2.38. The molecule has 0 bridgehead atoms. The zero-order chi connectivity index (χ0) is 12.9. The molecule has 1 unspecified atom stereocenters. The van der Waals surface area contributed by atoms with Crippen LogP contribution in [0.5, 0.6) is 0 Å². The smallest absolute Gasteiger partial charge is 0.237 e. The first-order valence-corrected chi connectivity index (χ1v) is 6.59. The van der Waals surface area contributed by atoms with Crippen molar-refractivity contribution < 1.29 is 4.79 Å². The van der Waals surface area contributed by atoms with Crippen molar-refractivity contribution >= 4 is 5.91 Å². The number of carbonyl (C=O) groups excluding carboxylic acids is 1. The largest absolute Gasteiger partial charge is 0.355 e. The molecule has 1 atom stereocenters. The van der Waals surface area contributed by atoms with E-state index in [1.165, 1.54) is 0 Å². The fraction of sp³-hybridized carbons (Fsp3) is 0.923. The van der Waals surface area contributed by atoms with Crippen LogP contribution in [-0.2, 0) is 4.79 Å². The van der Waals surface area contributed by atoms with E-state index in [2.05, 4.69) is 29.4 Å². The summed E-state index contributed by atoms with van der Waals surface area (Å²) < 4.78 is 0. The molecular formula is C13H27N3O. The minimum atomic E-state index is -0.0318. The molecular weight excluding hydrogens is 214 g/mol. The van der Waals surface area contributed by atoms with Crippen LogP contribution in [0.25, 0.3) is 0 Å². The van der Waals surface area contributed by atoms with Crippen molar-refractivity contribution in [1.82, 2.24) is 15.5 Å². The van der Waals surface area contributed by atoms with Gasteiger partial charge >= 0.3 is 0 Å². The Morgan fingerprint density at radius 3 is 2.76 bits per heavy atom. The Hall–Kier alpha value is -0.610. The summed E-state index contributed by atoms with van der Waals surface area (Å²) in [5.41, 5.74) is 0.0733. The average molecular weight is 241 g/mol. The second kappa shape index (κ2) is 6.36. The SMILES string of the molecule is CN(C)CCCNC(=O)C1NCCCC1(C)C. The summed E-state index contributed by atoms with van der Waals surface area (Å²) in [6.45, 7) is 7.08. The van der Waals surface area contributed by atoms with Gasteiger partial charge in [0.2, 0.25) is 5.91 Å². The predicted octanol–water partition coefficient (Wildman–Crippen LogP) is 0.833. The highest BCUT2D eigenvalue weighted by molar-refractivity contribution is 5.82. The van der Waals surface area contributed by atoms with Gasteiger partial charge in [-0.2, -0.15) is 0 Å². The molecule has 0 aromatic carbocycles. The lowest BCUT2D eigenvalue weighted by Crippen LogP contribution is -2.55. The van der Waals surface area contributed by atoms with E-state index in [0.29, 0.717) is 0 Å². The molecule has 1 aliphatic heterocycles. The molecule has 1 rings (SSSR count). The van der Waals surface area contributed by atoms with Crippen molar-refractivity contribution in [2.24, 2.45) is 5.41 Å². The van der Waals surface area contributed by atoms with Crippen molar-refractivity contribution in [3.8, 4) is 0 Å². The summed E-state index contributed by atoms with van der Waals surface area (Å²) in [6, 6.07) is -0.0318. The molecule has 1 saturated heterocycles. The zero-order valence-electron chi connectivity index (χ0n) is 11.7. The van der Waals surface area contributed by atoms with Crippen LogP contribution in [0.4, 0.5) is 0 Å². The summed E-state index contributed by atoms with van der Waals surface area (Å²) in [4.78, 5) is 14.2. The molecule has 1 fully saturated rings. The molecule has 0 radical (unpaired) electrons. The molecule has 17 heavy (non-hydrogen) atoms. The van der Waals surface area contributed by atoms with Gasteiger partial charge in [-0.3, -0.25) is 4.79 Å². The first-order valence-electron chi connectivity index (χ1n) is 6.59. The fourth-order valence-electron chi connectivity index (χ4n) is 2.37. The Kier molecular flexibility index (Phi) is 5.40. The van der Waals surface area contributed by atoms with E-state index in [-0.39, 0.29) is 17.4 Å². The number of amides is 1. The average Bonchev–Trinajstić information content (AvgIpc) is 2.23. The van der Waals surface area contributed by atoms with E-state index < -0.39 is 0 Å². The summed E-state index contributed by atoms with van der Waals surface area (Å²) in [5.74, 6) is 0.161. The van der Waals surface area contributed by atoms with Crippen molar-refractivity contribution in [2.75, 3.05) is 33.7 Å². The monoisotopic (exact) mass is 241 g/mol. The lowest BCUT2D eigenvalue weighted by molar-refractivity contribution is -0.126. The maximum Gasteiger partial charge on any atom is 0.237 e. The molecule has 0 aromatic heterocycles. The van der Waals surface area contributed by atoms with Crippen LogP contribution < -0.4 is 10.6 Å². The summed E-state index contributed by atoms with van der Waals surface area (Å²) in [5, 5.41) is 6.37. The summed E-state index contributed by atoms with van der Waals surface area (Å²) >= 11 is 0. The van der Waals surface area contributed by atoms with E-state index in [1.807, 2.05) is 14.1 Å². The zero-order valence-corrected chi connectivity index (χ0v) is 11.7. The first kappa shape index (κ1) is 14.5. The molecule has 0 spiro atoms. The standard InChI is InChI=1S/C13H27N3O/c1-13(2)7-5-8-14-11(13)12(17)15-9-6-10-16(3)4/h11,14H,5-10H2,1-4H3,(H,15,17). The maximum atomic E-state index is 12.1. The normalized spacial score (nSPS) is 23.7. The highest BCUT2D eigenvalue weighted by Gasteiger charge is 2.36. The van der Waals surface area contributed by atoms with Crippen molar-refractivity contribution in [3.05, 3.63) is 0 Å². The number of hydrogen-bond donors (Lipinski definition) is 2. The summed E-state index contributed by atoms with van der Waals surface area (Å²) in [7, 11) is 4.10. The van der Waals surface area contributed by atoms with E-state index in [0.717, 1.165) is 38.9 Å². The van der Waals surface area contributed by atoms with Gasteiger partial charge in [-0.1, -0.05) is 13.8 Å². The Bertz CT molecular complexity index is 251. The molecule has 2 N–H and O–H groups in total. The minimum Gasteiger partial charge on any atom is -0.355 e. The molecule has 0 aliphatic carbocycles. The Labute approximate surface area is 105 Å². The number of rotatable bonds is 5. The molecule has 1 amide bonds. The lowest BCUT2D eigenvalue weighted by atomic mass is 9.77. The van der Waals surface area contributed by atoms with Crippen LogP contribution in [0.3, 0.4) is 0 Å². The van der Waals surface area contributed by atoms with Gasteiger partial charge in [0.1, 0.15) is 0 Å². The minimum absolute atomic E-state index is 0.0318. The second-order valence-electron chi connectivity index (χ2n) is 5.93. The van der Waals surface area contributed by atoms with Crippen LogP contribution in [-0.4, -0.2) is 50.6 Å². The third-order valence-corrected chi connectivity index (χ3v) is 3.47. The Morgan fingerprint density at radius 2 is 2.18 bits per heavy atom. The van der Waals surface area contributed by atoms with E-state index >= 15 is 0 Å². The molecule has 100 valence electrons. The highest BCUT2D eigenvalue weighted by atomic mass is 16.2. The predicted molar refractivity (Wildman–Crippen MR) is 71.0 cm³/mol. The third kappa shape index (κ3) is 4.64. The first-order chi connectivity index (χ1) is 7.93. The van der Waals surface area contributed by atoms with Gasteiger partial charge < -0.3 is 15.5 Å². The van der Waals surface area contributed by atoms with Crippen LogP contribution >= 0.6 is 0 Å². The van der Waals surface area contributed by atoms with Gasteiger partial charge in [-0.15, -0.1) is 0 Å². The maximum absolute atomic E-state index is 12.1.